The Kier molecular flexibility index (Phi) is 7.06. The van der Waals surface area contributed by atoms with E-state index in [1.54, 1.807) is 11.8 Å². The van der Waals surface area contributed by atoms with Gasteiger partial charge in [-0.2, -0.15) is 0 Å². The van der Waals surface area contributed by atoms with Crippen molar-refractivity contribution >= 4 is 17.8 Å². The lowest BCUT2D eigenvalue weighted by Gasteiger charge is -2.24. The predicted molar refractivity (Wildman–Crippen MR) is 105 cm³/mol. The standard InChI is InChI=1S/C22H30N2O4/c1-16(21(26)23-19-10-6-3-7-11-19)28-22(27)18-14-20(25)24(15-18)13-12-17-8-4-2-5-9-17/h2,4-5,8-9,16,18-19H,3,6-7,10-15H2,1H3,(H,23,26)/t16-,18+/m1/s1. The van der Waals surface area contributed by atoms with Crippen LogP contribution in [0.25, 0.3) is 0 Å². The van der Waals surface area contributed by atoms with Gasteiger partial charge in [0.2, 0.25) is 5.91 Å². The summed E-state index contributed by atoms with van der Waals surface area (Å²) in [6, 6.07) is 10.1. The topological polar surface area (TPSA) is 75.7 Å². The fourth-order valence-corrected chi connectivity index (χ4v) is 3.94. The zero-order chi connectivity index (χ0) is 19.9. The molecule has 1 N–H and O–H groups in total. The lowest BCUT2D eigenvalue weighted by atomic mass is 9.95. The summed E-state index contributed by atoms with van der Waals surface area (Å²) in [6.45, 7) is 2.55. The van der Waals surface area contributed by atoms with Crippen molar-refractivity contribution in [1.82, 2.24) is 10.2 Å². The Morgan fingerprint density at radius 1 is 1.18 bits per heavy atom. The minimum atomic E-state index is -0.831. The number of hydrogen-bond donors (Lipinski definition) is 1. The lowest BCUT2D eigenvalue weighted by Crippen LogP contribution is -2.43. The Balaban J connectivity index is 1.43. The third-order valence-corrected chi connectivity index (χ3v) is 5.67. The van der Waals surface area contributed by atoms with Crippen molar-refractivity contribution in [3.8, 4) is 0 Å². The van der Waals surface area contributed by atoms with Gasteiger partial charge in [0.1, 0.15) is 0 Å². The van der Waals surface area contributed by atoms with Gasteiger partial charge in [0.15, 0.2) is 6.10 Å². The Hall–Kier alpha value is -2.37. The monoisotopic (exact) mass is 386 g/mol. The summed E-state index contributed by atoms with van der Waals surface area (Å²) in [5.74, 6) is -1.22. The molecule has 0 bridgehead atoms. The van der Waals surface area contributed by atoms with Crippen molar-refractivity contribution in [1.29, 1.82) is 0 Å². The van der Waals surface area contributed by atoms with Gasteiger partial charge >= 0.3 is 5.97 Å². The molecule has 1 saturated carbocycles. The van der Waals surface area contributed by atoms with E-state index in [1.165, 1.54) is 6.42 Å². The van der Waals surface area contributed by atoms with Crippen LogP contribution in [-0.4, -0.2) is 47.9 Å². The molecule has 1 aliphatic heterocycles. The smallest absolute Gasteiger partial charge is 0.312 e. The number of nitrogens with one attached hydrogen (secondary N) is 1. The van der Waals surface area contributed by atoms with Gasteiger partial charge in [-0.1, -0.05) is 49.6 Å². The highest BCUT2D eigenvalue weighted by Crippen LogP contribution is 2.21. The van der Waals surface area contributed by atoms with Crippen molar-refractivity contribution in [2.24, 2.45) is 5.92 Å². The number of likely N-dealkylation sites (tertiary alicyclic amines) is 1. The van der Waals surface area contributed by atoms with E-state index < -0.39 is 18.0 Å². The van der Waals surface area contributed by atoms with Crippen LogP contribution in [0, 0.1) is 5.92 Å². The highest BCUT2D eigenvalue weighted by molar-refractivity contribution is 5.89. The molecule has 1 heterocycles. The van der Waals surface area contributed by atoms with Crippen LogP contribution in [0.2, 0.25) is 0 Å². The third-order valence-electron chi connectivity index (χ3n) is 5.67. The van der Waals surface area contributed by atoms with Gasteiger partial charge in [0, 0.05) is 25.6 Å². The van der Waals surface area contributed by atoms with Gasteiger partial charge in [-0.25, -0.2) is 0 Å². The Morgan fingerprint density at radius 2 is 1.89 bits per heavy atom. The molecule has 1 aromatic rings. The van der Waals surface area contributed by atoms with Crippen LogP contribution >= 0.6 is 0 Å². The van der Waals surface area contributed by atoms with E-state index in [1.807, 2.05) is 30.3 Å². The van der Waals surface area contributed by atoms with E-state index in [4.69, 9.17) is 4.74 Å². The summed E-state index contributed by atoms with van der Waals surface area (Å²) >= 11 is 0. The van der Waals surface area contributed by atoms with Gasteiger partial charge in [-0.3, -0.25) is 14.4 Å². The summed E-state index contributed by atoms with van der Waals surface area (Å²) in [7, 11) is 0. The van der Waals surface area contributed by atoms with Crippen LogP contribution in [0.3, 0.4) is 0 Å². The first kappa shape index (κ1) is 20.4. The van der Waals surface area contributed by atoms with E-state index in [0.29, 0.717) is 13.1 Å². The molecule has 1 aromatic carbocycles. The number of nitrogens with zero attached hydrogens (tertiary/aromatic N) is 1. The zero-order valence-electron chi connectivity index (χ0n) is 16.6. The zero-order valence-corrected chi connectivity index (χ0v) is 16.6. The molecule has 1 saturated heterocycles. The number of benzene rings is 1. The molecule has 1 aliphatic carbocycles. The maximum absolute atomic E-state index is 12.4. The van der Waals surface area contributed by atoms with Gasteiger partial charge in [-0.15, -0.1) is 0 Å². The fraction of sp³-hybridized carbons (Fsp3) is 0.591. The van der Waals surface area contributed by atoms with Crippen LogP contribution < -0.4 is 5.32 Å². The molecule has 2 amide bonds. The summed E-state index contributed by atoms with van der Waals surface area (Å²) in [4.78, 5) is 38.7. The largest absolute Gasteiger partial charge is 0.452 e. The first-order valence-electron chi connectivity index (χ1n) is 10.4. The van der Waals surface area contributed by atoms with E-state index in [0.717, 1.165) is 37.7 Å². The van der Waals surface area contributed by atoms with Gasteiger partial charge < -0.3 is 15.0 Å². The summed E-state index contributed by atoms with van der Waals surface area (Å²) < 4.78 is 5.37. The minimum absolute atomic E-state index is 0.0304. The average molecular weight is 386 g/mol. The van der Waals surface area contributed by atoms with Crippen molar-refractivity contribution in [2.75, 3.05) is 13.1 Å². The first-order chi connectivity index (χ1) is 13.5. The Bertz CT molecular complexity index is 685. The molecular weight excluding hydrogens is 356 g/mol. The molecule has 2 aliphatic rings. The first-order valence-corrected chi connectivity index (χ1v) is 10.4. The summed E-state index contributed by atoms with van der Waals surface area (Å²) in [5.41, 5.74) is 1.16. The fourth-order valence-electron chi connectivity index (χ4n) is 3.94. The maximum Gasteiger partial charge on any atom is 0.312 e. The van der Waals surface area contributed by atoms with E-state index in [9.17, 15) is 14.4 Å². The van der Waals surface area contributed by atoms with Gasteiger partial charge in [-0.05, 0) is 31.7 Å². The third kappa shape index (κ3) is 5.57. The number of hydrogen-bond acceptors (Lipinski definition) is 4. The molecule has 2 fully saturated rings. The maximum atomic E-state index is 12.4. The number of carbonyl (C=O) groups excluding carboxylic acids is 3. The molecule has 152 valence electrons. The number of rotatable bonds is 7. The molecule has 0 spiro atoms. The molecular formula is C22H30N2O4. The second-order valence-corrected chi connectivity index (χ2v) is 7.90. The molecule has 0 unspecified atom stereocenters. The number of amides is 2. The number of ether oxygens (including phenoxy) is 1. The second-order valence-electron chi connectivity index (χ2n) is 7.90. The van der Waals surface area contributed by atoms with Crippen molar-refractivity contribution < 1.29 is 19.1 Å². The number of carbonyl (C=O) groups is 3. The molecule has 0 radical (unpaired) electrons. The molecule has 6 nitrogen and oxygen atoms in total. The van der Waals surface area contributed by atoms with E-state index >= 15 is 0 Å². The minimum Gasteiger partial charge on any atom is -0.452 e. The Morgan fingerprint density at radius 3 is 2.61 bits per heavy atom. The average Bonchev–Trinajstić information content (AvgIpc) is 3.08. The second kappa shape index (κ2) is 9.71. The van der Waals surface area contributed by atoms with E-state index in [-0.39, 0.29) is 24.3 Å². The molecule has 0 aromatic heterocycles. The lowest BCUT2D eigenvalue weighted by molar-refractivity contribution is -0.158. The molecule has 2 atom stereocenters. The SMILES string of the molecule is C[C@@H](OC(=O)[C@H]1CC(=O)N(CCc2ccccc2)C1)C(=O)NC1CCCCC1. The van der Waals surface area contributed by atoms with Crippen molar-refractivity contribution in [3.63, 3.8) is 0 Å². The van der Waals surface area contributed by atoms with Crippen molar-refractivity contribution in [3.05, 3.63) is 35.9 Å². The van der Waals surface area contributed by atoms with Crippen LogP contribution in [0.4, 0.5) is 0 Å². The Labute approximate surface area is 166 Å². The highest BCUT2D eigenvalue weighted by atomic mass is 16.5. The molecule has 6 heteroatoms. The quantitative estimate of drug-likeness (QED) is 0.731. The van der Waals surface area contributed by atoms with Crippen LogP contribution in [0.5, 0.6) is 0 Å². The van der Waals surface area contributed by atoms with Crippen molar-refractivity contribution in [2.45, 2.75) is 64.0 Å². The summed E-state index contributed by atoms with van der Waals surface area (Å²) in [6.07, 6.45) is 5.53. The predicted octanol–water partition coefficient (Wildman–Crippen LogP) is 2.46. The van der Waals surface area contributed by atoms with E-state index in [2.05, 4.69) is 5.32 Å². The highest BCUT2D eigenvalue weighted by Gasteiger charge is 2.36. The van der Waals surface area contributed by atoms with Crippen LogP contribution in [-0.2, 0) is 25.5 Å². The summed E-state index contributed by atoms with van der Waals surface area (Å²) in [5, 5.41) is 2.98. The normalized spacial score (nSPS) is 21.4. The van der Waals surface area contributed by atoms with Gasteiger partial charge in [0.25, 0.3) is 5.91 Å². The van der Waals surface area contributed by atoms with Crippen LogP contribution in [0.1, 0.15) is 51.0 Å². The number of esters is 1. The van der Waals surface area contributed by atoms with Crippen LogP contribution in [0.15, 0.2) is 30.3 Å². The molecule has 3 rings (SSSR count). The molecule has 28 heavy (non-hydrogen) atoms. The van der Waals surface area contributed by atoms with Gasteiger partial charge in [0.05, 0.1) is 5.92 Å².